The molecule has 0 aliphatic carbocycles. The van der Waals surface area contributed by atoms with Crippen LogP contribution in [0.4, 0.5) is 5.69 Å². The average Bonchev–Trinajstić information content (AvgIpc) is 2.32. The number of thioether (sulfide) groups is 1. The molecule has 1 heterocycles. The minimum absolute atomic E-state index is 0.184. The third kappa shape index (κ3) is 2.86. The quantitative estimate of drug-likeness (QED) is 0.881. The van der Waals surface area contributed by atoms with Crippen LogP contribution in [0.5, 0.6) is 11.5 Å². The number of nitrogens with one attached hydrogen (secondary N) is 1. The van der Waals surface area contributed by atoms with Crippen molar-refractivity contribution in [2.24, 2.45) is 5.41 Å². The summed E-state index contributed by atoms with van der Waals surface area (Å²) >= 11 is 1.99. The Morgan fingerprint density at radius 3 is 2.83 bits per heavy atom. The van der Waals surface area contributed by atoms with Crippen molar-refractivity contribution in [3.8, 4) is 11.5 Å². The first-order valence-electron chi connectivity index (χ1n) is 6.24. The second-order valence-corrected chi connectivity index (χ2v) is 6.55. The normalized spacial score (nSPS) is 22.5. The molecule has 18 heavy (non-hydrogen) atoms. The largest absolute Gasteiger partial charge is 0.504 e. The molecule has 1 aromatic rings. The Kier molecular flexibility index (Phi) is 3.95. The zero-order chi connectivity index (χ0) is 13.2. The molecule has 1 saturated heterocycles. The predicted octanol–water partition coefficient (Wildman–Crippen LogP) is 3.34. The van der Waals surface area contributed by atoms with Crippen molar-refractivity contribution in [1.82, 2.24) is 0 Å². The van der Waals surface area contributed by atoms with Gasteiger partial charge in [-0.2, -0.15) is 11.8 Å². The molecule has 0 bridgehead atoms. The Balaban J connectivity index is 2.11. The number of hydrogen-bond acceptors (Lipinski definition) is 4. The lowest BCUT2D eigenvalue weighted by molar-refractivity contribution is 0.305. The molecule has 2 rings (SSSR count). The number of ether oxygens (including phenoxy) is 1. The van der Waals surface area contributed by atoms with Crippen LogP contribution >= 0.6 is 11.8 Å². The standard InChI is InChI=1S/C14H21NO2S/c1-14(2)6-7-18-9-13(14)15-10-4-5-12(17-3)11(16)8-10/h4-5,8,13,15-16H,6-7,9H2,1-3H3. The van der Waals surface area contributed by atoms with E-state index in [2.05, 4.69) is 19.2 Å². The molecule has 3 nitrogen and oxygen atoms in total. The van der Waals surface area contributed by atoms with Crippen LogP contribution in [-0.2, 0) is 0 Å². The maximum atomic E-state index is 9.78. The molecule has 0 amide bonds. The minimum atomic E-state index is 0.184. The molecule has 4 heteroatoms. The highest BCUT2D eigenvalue weighted by Gasteiger charge is 2.32. The molecule has 1 aliphatic heterocycles. The van der Waals surface area contributed by atoms with E-state index in [4.69, 9.17) is 4.74 Å². The van der Waals surface area contributed by atoms with Crippen LogP contribution in [0.1, 0.15) is 20.3 Å². The maximum absolute atomic E-state index is 9.78. The predicted molar refractivity (Wildman–Crippen MR) is 77.8 cm³/mol. The van der Waals surface area contributed by atoms with Crippen molar-refractivity contribution in [1.29, 1.82) is 0 Å². The summed E-state index contributed by atoms with van der Waals surface area (Å²) < 4.78 is 5.05. The molecule has 1 fully saturated rings. The van der Waals surface area contributed by atoms with Crippen molar-refractivity contribution in [3.63, 3.8) is 0 Å². The van der Waals surface area contributed by atoms with E-state index in [-0.39, 0.29) is 5.75 Å². The highest BCUT2D eigenvalue weighted by Crippen LogP contribution is 2.37. The third-order valence-corrected chi connectivity index (χ3v) is 4.70. The van der Waals surface area contributed by atoms with Gasteiger partial charge in [-0.1, -0.05) is 13.8 Å². The van der Waals surface area contributed by atoms with Crippen LogP contribution in [-0.4, -0.2) is 29.8 Å². The Morgan fingerprint density at radius 2 is 2.22 bits per heavy atom. The summed E-state index contributed by atoms with van der Waals surface area (Å²) in [4.78, 5) is 0. The zero-order valence-electron chi connectivity index (χ0n) is 11.2. The van der Waals surface area contributed by atoms with Gasteiger partial charge in [-0.25, -0.2) is 0 Å². The van der Waals surface area contributed by atoms with E-state index in [0.717, 1.165) is 11.4 Å². The van der Waals surface area contributed by atoms with Gasteiger partial charge in [-0.05, 0) is 29.7 Å². The first kappa shape index (κ1) is 13.4. The Bertz CT molecular complexity index is 420. The molecule has 1 unspecified atom stereocenters. The van der Waals surface area contributed by atoms with Gasteiger partial charge in [0.15, 0.2) is 11.5 Å². The molecule has 0 aromatic heterocycles. The monoisotopic (exact) mass is 267 g/mol. The van der Waals surface area contributed by atoms with Gasteiger partial charge < -0.3 is 15.2 Å². The lowest BCUT2D eigenvalue weighted by Crippen LogP contribution is -2.41. The van der Waals surface area contributed by atoms with Crippen LogP contribution in [0.2, 0.25) is 0 Å². The van der Waals surface area contributed by atoms with E-state index >= 15 is 0 Å². The lowest BCUT2D eigenvalue weighted by atomic mass is 9.82. The molecule has 1 aliphatic rings. The van der Waals surface area contributed by atoms with Crippen molar-refractivity contribution in [2.45, 2.75) is 26.3 Å². The number of phenolic OH excluding ortho intramolecular Hbond substituents is 1. The van der Waals surface area contributed by atoms with Gasteiger partial charge in [-0.15, -0.1) is 0 Å². The second kappa shape index (κ2) is 5.31. The van der Waals surface area contributed by atoms with Gasteiger partial charge in [0.1, 0.15) is 0 Å². The highest BCUT2D eigenvalue weighted by atomic mass is 32.2. The maximum Gasteiger partial charge on any atom is 0.160 e. The number of rotatable bonds is 3. The van der Waals surface area contributed by atoms with Crippen LogP contribution in [0.25, 0.3) is 0 Å². The number of anilines is 1. The first-order valence-corrected chi connectivity index (χ1v) is 7.40. The van der Waals surface area contributed by atoms with Crippen molar-refractivity contribution >= 4 is 17.4 Å². The fourth-order valence-electron chi connectivity index (χ4n) is 2.15. The van der Waals surface area contributed by atoms with Gasteiger partial charge in [0.2, 0.25) is 0 Å². The second-order valence-electron chi connectivity index (χ2n) is 5.40. The first-order chi connectivity index (χ1) is 8.53. The van der Waals surface area contributed by atoms with Crippen LogP contribution < -0.4 is 10.1 Å². The number of benzene rings is 1. The molecule has 0 saturated carbocycles. The van der Waals surface area contributed by atoms with E-state index in [0.29, 0.717) is 17.2 Å². The van der Waals surface area contributed by atoms with E-state index in [9.17, 15) is 5.11 Å². The Morgan fingerprint density at radius 1 is 1.44 bits per heavy atom. The van der Waals surface area contributed by atoms with Gasteiger partial charge in [0, 0.05) is 23.5 Å². The molecular weight excluding hydrogens is 246 g/mol. The number of aromatic hydroxyl groups is 1. The van der Waals surface area contributed by atoms with Crippen molar-refractivity contribution < 1.29 is 9.84 Å². The molecule has 2 N–H and O–H groups in total. The van der Waals surface area contributed by atoms with Gasteiger partial charge in [0.25, 0.3) is 0 Å². The molecule has 1 aromatic carbocycles. The van der Waals surface area contributed by atoms with E-state index in [1.807, 2.05) is 17.8 Å². The van der Waals surface area contributed by atoms with E-state index < -0.39 is 0 Å². The summed E-state index contributed by atoms with van der Waals surface area (Å²) in [5.74, 6) is 3.04. The summed E-state index contributed by atoms with van der Waals surface area (Å²) in [5.41, 5.74) is 1.25. The Hall–Kier alpha value is -1.03. The van der Waals surface area contributed by atoms with Crippen molar-refractivity contribution in [3.05, 3.63) is 18.2 Å². The zero-order valence-corrected chi connectivity index (χ0v) is 12.0. The molecular formula is C14H21NO2S. The average molecular weight is 267 g/mol. The van der Waals surface area contributed by atoms with Gasteiger partial charge in [-0.3, -0.25) is 0 Å². The fraction of sp³-hybridized carbons (Fsp3) is 0.571. The molecule has 1 atom stereocenters. The summed E-state index contributed by atoms with van der Waals surface area (Å²) in [5, 5.41) is 13.3. The van der Waals surface area contributed by atoms with Crippen molar-refractivity contribution in [2.75, 3.05) is 23.9 Å². The van der Waals surface area contributed by atoms with Crippen LogP contribution in [0, 0.1) is 5.41 Å². The lowest BCUT2D eigenvalue weighted by Gasteiger charge is -2.39. The summed E-state index contributed by atoms with van der Waals surface area (Å²) in [6, 6.07) is 5.91. The van der Waals surface area contributed by atoms with E-state index in [1.54, 1.807) is 19.2 Å². The number of methoxy groups -OCH3 is 1. The molecule has 0 spiro atoms. The number of phenols is 1. The third-order valence-electron chi connectivity index (χ3n) is 3.64. The minimum Gasteiger partial charge on any atom is -0.504 e. The van der Waals surface area contributed by atoms with Crippen LogP contribution in [0.15, 0.2) is 18.2 Å². The number of hydrogen-bond donors (Lipinski definition) is 2. The summed E-state index contributed by atoms with van der Waals surface area (Å²) in [7, 11) is 1.56. The highest BCUT2D eigenvalue weighted by molar-refractivity contribution is 7.99. The molecule has 0 radical (unpaired) electrons. The fourth-order valence-corrected chi connectivity index (χ4v) is 3.76. The summed E-state index contributed by atoms with van der Waals surface area (Å²) in [6.45, 7) is 4.60. The summed E-state index contributed by atoms with van der Waals surface area (Å²) in [6.07, 6.45) is 1.22. The van der Waals surface area contributed by atoms with Crippen LogP contribution in [0.3, 0.4) is 0 Å². The molecule has 100 valence electrons. The Labute approximate surface area is 113 Å². The topological polar surface area (TPSA) is 41.5 Å². The van der Waals surface area contributed by atoms with Gasteiger partial charge in [0.05, 0.1) is 7.11 Å². The SMILES string of the molecule is COc1ccc(NC2CSCCC2(C)C)cc1O. The smallest absolute Gasteiger partial charge is 0.160 e. The van der Waals surface area contributed by atoms with Gasteiger partial charge >= 0.3 is 0 Å². The van der Waals surface area contributed by atoms with E-state index in [1.165, 1.54) is 12.2 Å².